The van der Waals surface area contributed by atoms with E-state index in [1.807, 2.05) is 29.3 Å². The van der Waals surface area contributed by atoms with E-state index in [1.165, 1.54) is 6.42 Å². The number of carbonyl (C=O) groups is 2. The first-order chi connectivity index (χ1) is 12.2. The van der Waals surface area contributed by atoms with Gasteiger partial charge in [-0.05, 0) is 44.2 Å². The number of fused-ring (bicyclic) bond motifs is 1. The topological polar surface area (TPSA) is 66.7 Å². The highest BCUT2D eigenvalue weighted by molar-refractivity contribution is 6.02. The molecule has 1 saturated heterocycles. The number of rotatable bonds is 3. The number of hydrogen-bond donors (Lipinski definition) is 1. The first kappa shape index (κ1) is 16.1. The van der Waals surface area contributed by atoms with Crippen LogP contribution in [-0.4, -0.2) is 45.2 Å². The average molecular weight is 340 g/mol. The number of piperidine rings is 1. The van der Waals surface area contributed by atoms with Gasteiger partial charge in [0, 0.05) is 25.3 Å². The van der Waals surface area contributed by atoms with Crippen molar-refractivity contribution in [3.63, 3.8) is 0 Å². The van der Waals surface area contributed by atoms with Crippen molar-refractivity contribution in [1.82, 2.24) is 19.6 Å². The SMILES string of the molecule is O=C(NC1CCCC1)c1nc(C(=O)N2CCCCC2)n2ccccc12. The van der Waals surface area contributed by atoms with Gasteiger partial charge in [-0.25, -0.2) is 4.98 Å². The molecule has 1 aliphatic carbocycles. The van der Waals surface area contributed by atoms with Crippen molar-refractivity contribution >= 4 is 17.3 Å². The number of likely N-dealkylation sites (tertiary alicyclic amines) is 1. The van der Waals surface area contributed by atoms with Gasteiger partial charge >= 0.3 is 0 Å². The molecule has 1 N–H and O–H groups in total. The number of nitrogens with zero attached hydrogens (tertiary/aromatic N) is 3. The Morgan fingerprint density at radius 2 is 1.80 bits per heavy atom. The smallest absolute Gasteiger partial charge is 0.290 e. The van der Waals surface area contributed by atoms with Crippen LogP contribution in [0.2, 0.25) is 0 Å². The third kappa shape index (κ3) is 3.13. The molecule has 6 nitrogen and oxygen atoms in total. The lowest BCUT2D eigenvalue weighted by molar-refractivity contribution is 0.0711. The molecule has 2 amide bonds. The highest BCUT2D eigenvalue weighted by atomic mass is 16.2. The van der Waals surface area contributed by atoms with Crippen LogP contribution in [0.1, 0.15) is 66.1 Å². The minimum atomic E-state index is -0.173. The summed E-state index contributed by atoms with van der Waals surface area (Å²) in [6.07, 6.45) is 9.41. The van der Waals surface area contributed by atoms with Crippen LogP contribution in [0.15, 0.2) is 24.4 Å². The molecular weight excluding hydrogens is 316 g/mol. The molecule has 0 aromatic carbocycles. The van der Waals surface area contributed by atoms with Crippen molar-refractivity contribution in [1.29, 1.82) is 0 Å². The Labute approximate surface area is 147 Å². The number of pyridine rings is 1. The zero-order chi connectivity index (χ0) is 17.2. The average Bonchev–Trinajstić information content (AvgIpc) is 3.29. The summed E-state index contributed by atoms with van der Waals surface area (Å²) in [5, 5.41) is 3.08. The molecule has 1 aliphatic heterocycles. The van der Waals surface area contributed by atoms with Crippen LogP contribution in [0.25, 0.3) is 5.52 Å². The first-order valence-electron chi connectivity index (χ1n) is 9.31. The number of hydrogen-bond acceptors (Lipinski definition) is 3. The zero-order valence-electron chi connectivity index (χ0n) is 14.4. The summed E-state index contributed by atoms with van der Waals surface area (Å²) in [4.78, 5) is 31.9. The lowest BCUT2D eigenvalue weighted by Crippen LogP contribution is -2.36. The molecule has 1 saturated carbocycles. The number of carbonyl (C=O) groups excluding carboxylic acids is 2. The Hall–Kier alpha value is -2.37. The Bertz CT molecular complexity index is 786. The molecule has 132 valence electrons. The van der Waals surface area contributed by atoms with Crippen LogP contribution in [0.3, 0.4) is 0 Å². The van der Waals surface area contributed by atoms with E-state index < -0.39 is 0 Å². The monoisotopic (exact) mass is 340 g/mol. The van der Waals surface area contributed by atoms with Gasteiger partial charge in [0.2, 0.25) is 5.82 Å². The molecule has 0 radical (unpaired) electrons. The number of aromatic nitrogens is 2. The molecule has 2 fully saturated rings. The molecule has 2 aromatic rings. The Morgan fingerprint density at radius 1 is 1.04 bits per heavy atom. The Kier molecular flexibility index (Phi) is 4.42. The molecule has 6 heteroatoms. The molecule has 0 atom stereocenters. The minimum absolute atomic E-state index is 0.0826. The van der Waals surface area contributed by atoms with Gasteiger partial charge in [-0.2, -0.15) is 0 Å². The van der Waals surface area contributed by atoms with Crippen LogP contribution in [0, 0.1) is 0 Å². The zero-order valence-corrected chi connectivity index (χ0v) is 14.4. The summed E-state index contributed by atoms with van der Waals surface area (Å²) in [7, 11) is 0. The molecule has 2 aromatic heterocycles. The second-order valence-corrected chi connectivity index (χ2v) is 7.05. The highest BCUT2D eigenvalue weighted by Gasteiger charge is 2.27. The van der Waals surface area contributed by atoms with Gasteiger partial charge in [0.1, 0.15) is 0 Å². The van der Waals surface area contributed by atoms with Crippen LogP contribution in [0.5, 0.6) is 0 Å². The van der Waals surface area contributed by atoms with Gasteiger partial charge in [-0.1, -0.05) is 18.9 Å². The third-order valence-corrected chi connectivity index (χ3v) is 5.29. The minimum Gasteiger partial charge on any atom is -0.348 e. The van der Waals surface area contributed by atoms with E-state index in [-0.39, 0.29) is 17.9 Å². The van der Waals surface area contributed by atoms with Crippen molar-refractivity contribution in [3.8, 4) is 0 Å². The van der Waals surface area contributed by atoms with E-state index in [0.717, 1.165) is 51.6 Å². The van der Waals surface area contributed by atoms with Crippen molar-refractivity contribution in [2.24, 2.45) is 0 Å². The maximum Gasteiger partial charge on any atom is 0.290 e. The van der Waals surface area contributed by atoms with Crippen LogP contribution >= 0.6 is 0 Å². The molecule has 4 rings (SSSR count). The fourth-order valence-electron chi connectivity index (χ4n) is 3.92. The number of nitrogens with one attached hydrogen (secondary N) is 1. The summed E-state index contributed by atoms with van der Waals surface area (Å²) in [5.41, 5.74) is 1.05. The quantitative estimate of drug-likeness (QED) is 0.934. The number of amides is 2. The van der Waals surface area contributed by atoms with E-state index in [2.05, 4.69) is 10.3 Å². The van der Waals surface area contributed by atoms with Gasteiger partial charge < -0.3 is 10.2 Å². The number of imidazole rings is 1. The van der Waals surface area contributed by atoms with E-state index in [4.69, 9.17) is 0 Å². The van der Waals surface area contributed by atoms with Crippen LogP contribution in [-0.2, 0) is 0 Å². The van der Waals surface area contributed by atoms with Crippen LogP contribution in [0.4, 0.5) is 0 Å². The van der Waals surface area contributed by atoms with Gasteiger partial charge in [-0.15, -0.1) is 0 Å². The highest BCUT2D eigenvalue weighted by Crippen LogP contribution is 2.20. The lowest BCUT2D eigenvalue weighted by Gasteiger charge is -2.25. The first-order valence-corrected chi connectivity index (χ1v) is 9.31. The fraction of sp³-hybridized carbons (Fsp3) is 0.526. The van der Waals surface area contributed by atoms with Crippen molar-refractivity contribution < 1.29 is 9.59 Å². The Morgan fingerprint density at radius 3 is 2.56 bits per heavy atom. The van der Waals surface area contributed by atoms with Gasteiger partial charge in [0.25, 0.3) is 11.8 Å². The predicted octanol–water partition coefficient (Wildman–Crippen LogP) is 2.63. The third-order valence-electron chi connectivity index (χ3n) is 5.29. The maximum atomic E-state index is 12.9. The molecule has 0 unspecified atom stereocenters. The standard InChI is InChI=1S/C19H24N4O2/c24-18(20-14-8-2-3-9-14)16-15-10-4-7-13-23(15)17(21-16)19(25)22-11-5-1-6-12-22/h4,7,10,13-14H,1-3,5-6,8-9,11-12H2,(H,20,24). The molecular formula is C19H24N4O2. The molecule has 3 heterocycles. The second-order valence-electron chi connectivity index (χ2n) is 7.05. The summed E-state index contributed by atoms with van der Waals surface area (Å²) in [6.45, 7) is 1.54. The van der Waals surface area contributed by atoms with Crippen LogP contribution < -0.4 is 5.32 Å². The van der Waals surface area contributed by atoms with Gasteiger partial charge in [0.05, 0.1) is 5.52 Å². The van der Waals surface area contributed by atoms with Crippen molar-refractivity contribution in [2.75, 3.05) is 13.1 Å². The second kappa shape index (κ2) is 6.86. The van der Waals surface area contributed by atoms with E-state index in [1.54, 1.807) is 4.40 Å². The Balaban J connectivity index is 1.65. The fourth-order valence-corrected chi connectivity index (χ4v) is 3.92. The van der Waals surface area contributed by atoms with E-state index in [9.17, 15) is 9.59 Å². The van der Waals surface area contributed by atoms with Gasteiger partial charge in [-0.3, -0.25) is 14.0 Å². The molecule has 0 spiro atoms. The van der Waals surface area contributed by atoms with E-state index in [0.29, 0.717) is 17.0 Å². The summed E-state index contributed by atoms with van der Waals surface area (Å²) >= 11 is 0. The maximum absolute atomic E-state index is 12.9. The lowest BCUT2D eigenvalue weighted by atomic mass is 10.1. The normalized spacial score (nSPS) is 18.6. The largest absolute Gasteiger partial charge is 0.348 e. The summed E-state index contributed by atoms with van der Waals surface area (Å²) in [6, 6.07) is 5.82. The molecule has 25 heavy (non-hydrogen) atoms. The van der Waals surface area contributed by atoms with Gasteiger partial charge in [0.15, 0.2) is 5.69 Å². The molecule has 0 bridgehead atoms. The summed E-state index contributed by atoms with van der Waals surface area (Å²) < 4.78 is 1.75. The molecule has 2 aliphatic rings. The summed E-state index contributed by atoms with van der Waals surface area (Å²) in [5.74, 6) is 0.0863. The van der Waals surface area contributed by atoms with E-state index >= 15 is 0 Å². The predicted molar refractivity (Wildman–Crippen MR) is 94.7 cm³/mol. The van der Waals surface area contributed by atoms with Crippen molar-refractivity contribution in [3.05, 3.63) is 35.9 Å². The van der Waals surface area contributed by atoms with Crippen molar-refractivity contribution in [2.45, 2.75) is 51.0 Å².